The third kappa shape index (κ3) is 6.18. The largest absolute Gasteiger partial charge is 0.370 e. The number of aromatic nitrogens is 2. The fourth-order valence-corrected chi connectivity index (χ4v) is 3.37. The fourth-order valence-electron chi connectivity index (χ4n) is 3.37. The van der Waals surface area contributed by atoms with Gasteiger partial charge in [-0.15, -0.1) is 24.0 Å². The van der Waals surface area contributed by atoms with Crippen molar-refractivity contribution >= 4 is 41.8 Å². The molecule has 0 spiro atoms. The number of piperidine rings is 1. The Morgan fingerprint density at radius 1 is 1.11 bits per heavy atom. The summed E-state index contributed by atoms with van der Waals surface area (Å²) in [6, 6.07) is 1.81. The van der Waals surface area contributed by atoms with Gasteiger partial charge in [0.25, 0.3) is 0 Å². The number of piperazine rings is 1. The molecule has 8 nitrogen and oxygen atoms in total. The lowest BCUT2D eigenvalue weighted by Gasteiger charge is -2.34. The van der Waals surface area contributed by atoms with Crippen LogP contribution in [0.1, 0.15) is 26.2 Å². The van der Waals surface area contributed by atoms with Crippen LogP contribution in [-0.4, -0.2) is 77.4 Å². The molecule has 2 saturated heterocycles. The average molecular weight is 487 g/mol. The average Bonchev–Trinajstić information content (AvgIpc) is 2.69. The van der Waals surface area contributed by atoms with Crippen LogP contribution in [0.25, 0.3) is 0 Å². The summed E-state index contributed by atoms with van der Waals surface area (Å²) in [5, 5.41) is 0. The number of carbonyl (C=O) groups is 1. The highest BCUT2D eigenvalue weighted by molar-refractivity contribution is 14.0. The van der Waals surface area contributed by atoms with Gasteiger partial charge in [0.05, 0.1) is 6.54 Å². The predicted molar refractivity (Wildman–Crippen MR) is 117 cm³/mol. The number of hydrogen-bond acceptors (Lipinski definition) is 5. The maximum Gasteiger partial charge on any atom is 0.225 e. The molecule has 2 N–H and O–H groups in total. The summed E-state index contributed by atoms with van der Waals surface area (Å²) in [4.78, 5) is 31.5. The van der Waals surface area contributed by atoms with Gasteiger partial charge in [0.1, 0.15) is 0 Å². The van der Waals surface area contributed by atoms with Crippen LogP contribution in [0.2, 0.25) is 0 Å². The van der Waals surface area contributed by atoms with E-state index in [4.69, 9.17) is 5.73 Å². The van der Waals surface area contributed by atoms with Crippen molar-refractivity contribution in [1.82, 2.24) is 19.8 Å². The summed E-state index contributed by atoms with van der Waals surface area (Å²) >= 11 is 0. The minimum Gasteiger partial charge on any atom is -0.370 e. The first kappa shape index (κ1) is 21.6. The highest BCUT2D eigenvalue weighted by Crippen LogP contribution is 2.15. The van der Waals surface area contributed by atoms with Gasteiger partial charge in [0.15, 0.2) is 5.96 Å². The Kier molecular flexibility index (Phi) is 8.52. The van der Waals surface area contributed by atoms with Gasteiger partial charge in [0, 0.05) is 58.1 Å². The molecule has 0 unspecified atom stereocenters. The van der Waals surface area contributed by atoms with Crippen molar-refractivity contribution in [1.29, 1.82) is 0 Å². The monoisotopic (exact) mass is 487 g/mol. The molecule has 1 aromatic heterocycles. The summed E-state index contributed by atoms with van der Waals surface area (Å²) < 4.78 is 0. The molecule has 2 aliphatic heterocycles. The zero-order valence-corrected chi connectivity index (χ0v) is 18.3. The fraction of sp³-hybridized carbons (Fsp3) is 0.667. The first-order valence-electron chi connectivity index (χ1n) is 9.48. The van der Waals surface area contributed by atoms with E-state index in [0.29, 0.717) is 32.0 Å². The Morgan fingerprint density at radius 2 is 1.74 bits per heavy atom. The number of rotatable bonds is 4. The van der Waals surface area contributed by atoms with Crippen LogP contribution in [0.4, 0.5) is 5.95 Å². The topological polar surface area (TPSA) is 91.0 Å². The Morgan fingerprint density at radius 3 is 2.37 bits per heavy atom. The van der Waals surface area contributed by atoms with Crippen LogP contribution in [-0.2, 0) is 4.79 Å². The molecule has 0 aliphatic carbocycles. The predicted octanol–water partition coefficient (Wildman–Crippen LogP) is 1.18. The SMILES string of the molecule is CC1CCN(C(N)=NCCC(=O)N2CCN(c3ncccn3)CC2)CC1.I. The van der Waals surface area contributed by atoms with Crippen LogP contribution >= 0.6 is 24.0 Å². The summed E-state index contributed by atoms with van der Waals surface area (Å²) in [5.41, 5.74) is 6.07. The standard InChI is InChI=1S/C18H29N7O.HI/c1-15-4-9-24(10-5-15)17(19)20-8-3-16(26)23-11-13-25(14-12-23)18-21-6-2-7-22-18;/h2,6-7,15H,3-5,8-14H2,1H3,(H2,19,20);1H. The second kappa shape index (κ2) is 10.6. The van der Waals surface area contributed by atoms with Crippen LogP contribution in [0, 0.1) is 5.92 Å². The van der Waals surface area contributed by atoms with Crippen molar-refractivity contribution in [3.8, 4) is 0 Å². The molecule has 9 heteroatoms. The minimum atomic E-state index is 0. The molecule has 0 radical (unpaired) electrons. The molecule has 0 bridgehead atoms. The number of nitrogens with two attached hydrogens (primary N) is 1. The molecule has 1 amide bonds. The maximum absolute atomic E-state index is 12.4. The van der Waals surface area contributed by atoms with E-state index in [-0.39, 0.29) is 29.9 Å². The maximum atomic E-state index is 12.4. The highest BCUT2D eigenvalue weighted by atomic mass is 127. The lowest BCUT2D eigenvalue weighted by atomic mass is 10.00. The molecule has 0 atom stereocenters. The van der Waals surface area contributed by atoms with Crippen molar-refractivity contribution in [3.63, 3.8) is 0 Å². The van der Waals surface area contributed by atoms with Crippen molar-refractivity contribution in [2.45, 2.75) is 26.2 Å². The number of likely N-dealkylation sites (tertiary alicyclic amines) is 1. The van der Waals surface area contributed by atoms with Gasteiger partial charge in [-0.1, -0.05) is 6.92 Å². The number of aliphatic imine (C=N–C) groups is 1. The van der Waals surface area contributed by atoms with Crippen molar-refractivity contribution in [3.05, 3.63) is 18.5 Å². The van der Waals surface area contributed by atoms with E-state index in [1.165, 1.54) is 0 Å². The summed E-state index contributed by atoms with van der Waals surface area (Å²) in [7, 11) is 0. The van der Waals surface area contributed by atoms with Gasteiger partial charge >= 0.3 is 0 Å². The number of nitrogens with zero attached hydrogens (tertiary/aromatic N) is 6. The Balaban J connectivity index is 0.00000261. The van der Waals surface area contributed by atoms with E-state index in [9.17, 15) is 4.79 Å². The number of anilines is 1. The third-order valence-electron chi connectivity index (χ3n) is 5.17. The molecular weight excluding hydrogens is 457 g/mol. The second-order valence-electron chi connectivity index (χ2n) is 7.08. The van der Waals surface area contributed by atoms with E-state index in [1.807, 2.05) is 4.90 Å². The van der Waals surface area contributed by atoms with Crippen molar-refractivity contribution in [2.75, 3.05) is 50.7 Å². The molecule has 0 aromatic carbocycles. The van der Waals surface area contributed by atoms with Crippen molar-refractivity contribution in [2.24, 2.45) is 16.6 Å². The summed E-state index contributed by atoms with van der Waals surface area (Å²) in [5.74, 6) is 2.21. The quantitative estimate of drug-likeness (QED) is 0.390. The van der Waals surface area contributed by atoms with Gasteiger partial charge in [-0.3, -0.25) is 9.79 Å². The first-order chi connectivity index (χ1) is 12.6. The lowest BCUT2D eigenvalue weighted by Crippen LogP contribution is -2.49. The molecule has 3 heterocycles. The first-order valence-corrected chi connectivity index (χ1v) is 9.48. The molecule has 0 saturated carbocycles. The van der Waals surface area contributed by atoms with Crippen LogP contribution in [0.5, 0.6) is 0 Å². The number of halogens is 1. The minimum absolute atomic E-state index is 0. The Hall–Kier alpha value is -1.65. The summed E-state index contributed by atoms with van der Waals surface area (Å²) in [6.45, 7) is 7.56. The van der Waals surface area contributed by atoms with Crippen LogP contribution < -0.4 is 10.6 Å². The molecule has 3 rings (SSSR count). The number of hydrogen-bond donors (Lipinski definition) is 1. The Labute approximate surface area is 178 Å². The second-order valence-corrected chi connectivity index (χ2v) is 7.08. The molecule has 2 aliphatic rings. The highest BCUT2D eigenvalue weighted by Gasteiger charge is 2.22. The van der Waals surface area contributed by atoms with E-state index >= 15 is 0 Å². The molecule has 27 heavy (non-hydrogen) atoms. The van der Waals surface area contributed by atoms with Crippen LogP contribution in [0.15, 0.2) is 23.5 Å². The smallest absolute Gasteiger partial charge is 0.225 e. The number of carbonyl (C=O) groups excluding carboxylic acids is 1. The lowest BCUT2D eigenvalue weighted by molar-refractivity contribution is -0.131. The van der Waals surface area contributed by atoms with E-state index < -0.39 is 0 Å². The van der Waals surface area contributed by atoms with Gasteiger partial charge in [0.2, 0.25) is 11.9 Å². The zero-order chi connectivity index (χ0) is 18.4. The Bertz CT molecular complexity index is 611. The van der Waals surface area contributed by atoms with Gasteiger partial charge in [-0.2, -0.15) is 0 Å². The summed E-state index contributed by atoms with van der Waals surface area (Å²) in [6.07, 6.45) is 6.21. The number of amides is 1. The number of guanidine groups is 1. The molecule has 2 fully saturated rings. The van der Waals surface area contributed by atoms with Gasteiger partial charge < -0.3 is 20.4 Å². The third-order valence-corrected chi connectivity index (χ3v) is 5.17. The van der Waals surface area contributed by atoms with Crippen molar-refractivity contribution < 1.29 is 4.79 Å². The molecule has 150 valence electrons. The normalized spacial score (nSPS) is 19.0. The zero-order valence-electron chi connectivity index (χ0n) is 16.0. The van der Waals surface area contributed by atoms with E-state index in [1.54, 1.807) is 18.5 Å². The van der Waals surface area contributed by atoms with E-state index in [2.05, 4.69) is 31.7 Å². The van der Waals surface area contributed by atoms with Crippen LogP contribution in [0.3, 0.4) is 0 Å². The van der Waals surface area contributed by atoms with Gasteiger partial charge in [-0.25, -0.2) is 9.97 Å². The molecular formula is C18H30IN7O. The van der Waals surface area contributed by atoms with Gasteiger partial charge in [-0.05, 0) is 24.8 Å². The molecule has 1 aromatic rings. The van der Waals surface area contributed by atoms with E-state index in [0.717, 1.165) is 50.9 Å².